The van der Waals surface area contributed by atoms with Crippen molar-refractivity contribution in [2.75, 3.05) is 20.1 Å². The zero-order chi connectivity index (χ0) is 18.5. The Kier molecular flexibility index (Phi) is 6.09. The fourth-order valence-corrected chi connectivity index (χ4v) is 3.62. The van der Waals surface area contributed by atoms with Crippen LogP contribution < -0.4 is 0 Å². The number of likely N-dealkylation sites (N-methyl/N-ethyl adjacent to an activating group) is 1. The van der Waals surface area contributed by atoms with E-state index in [1.807, 2.05) is 36.3 Å². The molecule has 1 amide bonds. The van der Waals surface area contributed by atoms with E-state index in [1.165, 1.54) is 5.56 Å². The van der Waals surface area contributed by atoms with Gasteiger partial charge in [0, 0.05) is 37.3 Å². The maximum absolute atomic E-state index is 12.9. The number of carbonyl (C=O) groups excluding carboxylic acids is 1. The van der Waals surface area contributed by atoms with Gasteiger partial charge in [0.05, 0.1) is 12.8 Å². The van der Waals surface area contributed by atoms with E-state index in [9.17, 15) is 4.79 Å². The van der Waals surface area contributed by atoms with E-state index in [1.54, 1.807) is 6.26 Å². The lowest BCUT2D eigenvalue weighted by Crippen LogP contribution is -2.44. The Hall–Kier alpha value is -2.14. The van der Waals surface area contributed by atoms with Crippen LogP contribution in [-0.2, 0) is 17.8 Å². The highest BCUT2D eigenvalue weighted by Crippen LogP contribution is 2.22. The second-order valence-electron chi connectivity index (χ2n) is 7.46. The molecule has 0 spiro atoms. The van der Waals surface area contributed by atoms with E-state index in [0.717, 1.165) is 50.4 Å². The van der Waals surface area contributed by atoms with Crippen LogP contribution in [0.1, 0.15) is 36.8 Å². The lowest BCUT2D eigenvalue weighted by Gasteiger charge is -2.34. The number of nitrogens with zero attached hydrogens (tertiary/aromatic N) is 3. The fourth-order valence-electron chi connectivity index (χ4n) is 3.62. The molecule has 0 bridgehead atoms. The second-order valence-corrected chi connectivity index (χ2v) is 7.46. The molecule has 3 heterocycles. The topological polar surface area (TPSA) is 49.6 Å². The molecule has 0 N–H and O–H groups in total. The van der Waals surface area contributed by atoms with E-state index in [-0.39, 0.29) is 17.9 Å². The fraction of sp³-hybridized carbons (Fsp3) is 0.524. The van der Waals surface area contributed by atoms with Crippen LogP contribution in [0, 0.1) is 12.8 Å². The molecule has 0 aliphatic carbocycles. The molecule has 2 aromatic heterocycles. The number of amides is 1. The molecule has 26 heavy (non-hydrogen) atoms. The molecule has 3 rings (SSSR count). The number of aryl methyl sites for hydroxylation is 1. The molecule has 0 unspecified atom stereocenters. The predicted molar refractivity (Wildman–Crippen MR) is 102 cm³/mol. The zero-order valence-corrected chi connectivity index (χ0v) is 16.0. The Labute approximate surface area is 156 Å². The molecule has 5 heteroatoms. The molecular formula is C21H29N3O2. The summed E-state index contributed by atoms with van der Waals surface area (Å²) in [5.41, 5.74) is 2.26. The van der Waals surface area contributed by atoms with Crippen molar-refractivity contribution in [3.05, 3.63) is 53.7 Å². The van der Waals surface area contributed by atoms with Crippen LogP contribution in [0.15, 0.2) is 41.1 Å². The molecule has 1 aliphatic rings. The molecule has 2 aromatic rings. The first-order chi connectivity index (χ1) is 12.5. The lowest BCUT2D eigenvalue weighted by atomic mass is 9.94. The summed E-state index contributed by atoms with van der Waals surface area (Å²) in [5.74, 6) is 1.38. The SMILES string of the molecule is Cc1ccnc(C[C@H](C)N(C)C(=O)C2CCN(Cc3ccco3)CC2)c1. The van der Waals surface area contributed by atoms with Crippen LogP contribution in [0.25, 0.3) is 0 Å². The van der Waals surface area contributed by atoms with E-state index in [0.29, 0.717) is 0 Å². The van der Waals surface area contributed by atoms with Crippen molar-refractivity contribution in [3.63, 3.8) is 0 Å². The van der Waals surface area contributed by atoms with Crippen LogP contribution in [0.2, 0.25) is 0 Å². The molecule has 0 aromatic carbocycles. The molecule has 1 saturated heterocycles. The monoisotopic (exact) mass is 355 g/mol. The van der Waals surface area contributed by atoms with E-state index in [4.69, 9.17) is 4.42 Å². The minimum absolute atomic E-state index is 0.126. The van der Waals surface area contributed by atoms with Gasteiger partial charge in [-0.3, -0.25) is 14.7 Å². The summed E-state index contributed by atoms with van der Waals surface area (Å²) >= 11 is 0. The van der Waals surface area contributed by atoms with Crippen molar-refractivity contribution in [2.24, 2.45) is 5.92 Å². The van der Waals surface area contributed by atoms with Gasteiger partial charge in [-0.25, -0.2) is 0 Å². The van der Waals surface area contributed by atoms with Gasteiger partial charge in [-0.05, 0) is 69.6 Å². The smallest absolute Gasteiger partial charge is 0.225 e. The van der Waals surface area contributed by atoms with Gasteiger partial charge in [0.15, 0.2) is 0 Å². The summed E-state index contributed by atoms with van der Waals surface area (Å²) < 4.78 is 5.42. The summed E-state index contributed by atoms with van der Waals surface area (Å²) in [7, 11) is 1.93. The van der Waals surface area contributed by atoms with Crippen molar-refractivity contribution in [1.29, 1.82) is 0 Å². The number of pyridine rings is 1. The zero-order valence-electron chi connectivity index (χ0n) is 16.0. The van der Waals surface area contributed by atoms with Gasteiger partial charge >= 0.3 is 0 Å². The quantitative estimate of drug-likeness (QED) is 0.798. The third kappa shape index (κ3) is 4.73. The first kappa shape index (κ1) is 18.6. The highest BCUT2D eigenvalue weighted by atomic mass is 16.3. The Balaban J connectivity index is 1.49. The van der Waals surface area contributed by atoms with Crippen LogP contribution in [-0.4, -0.2) is 46.9 Å². The van der Waals surface area contributed by atoms with Crippen molar-refractivity contribution in [3.8, 4) is 0 Å². The summed E-state index contributed by atoms with van der Waals surface area (Å²) in [4.78, 5) is 21.6. The number of piperidine rings is 1. The minimum Gasteiger partial charge on any atom is -0.468 e. The number of rotatable bonds is 6. The van der Waals surface area contributed by atoms with Crippen LogP contribution in [0.4, 0.5) is 0 Å². The molecule has 5 nitrogen and oxygen atoms in total. The van der Waals surface area contributed by atoms with Crippen LogP contribution in [0.3, 0.4) is 0 Å². The van der Waals surface area contributed by atoms with Gasteiger partial charge in [0.1, 0.15) is 5.76 Å². The van der Waals surface area contributed by atoms with Crippen molar-refractivity contribution >= 4 is 5.91 Å². The number of furan rings is 1. The Bertz CT molecular complexity index is 706. The standard InChI is InChI=1S/C21H29N3O2/c1-16-6-9-22-19(13-16)14-17(2)23(3)21(25)18-7-10-24(11-8-18)15-20-5-4-12-26-20/h4-6,9,12-13,17-18H,7-8,10-11,14-15H2,1-3H3/t17-/m0/s1. The molecule has 0 radical (unpaired) electrons. The first-order valence-corrected chi connectivity index (χ1v) is 9.46. The van der Waals surface area contributed by atoms with Crippen molar-refractivity contribution in [1.82, 2.24) is 14.8 Å². The summed E-state index contributed by atoms with van der Waals surface area (Å²) in [6, 6.07) is 8.18. The van der Waals surface area contributed by atoms with Gasteiger partial charge in [-0.15, -0.1) is 0 Å². The molecule has 1 aliphatic heterocycles. The van der Waals surface area contributed by atoms with Gasteiger partial charge in [0.25, 0.3) is 0 Å². The highest BCUT2D eigenvalue weighted by Gasteiger charge is 2.29. The molecule has 1 atom stereocenters. The van der Waals surface area contributed by atoms with Gasteiger partial charge in [-0.2, -0.15) is 0 Å². The predicted octanol–water partition coefficient (Wildman–Crippen LogP) is 3.28. The van der Waals surface area contributed by atoms with Gasteiger partial charge in [0.2, 0.25) is 5.91 Å². The normalized spacial score (nSPS) is 17.2. The minimum atomic E-state index is 0.126. The Morgan fingerprint density at radius 1 is 1.38 bits per heavy atom. The molecule has 140 valence electrons. The summed E-state index contributed by atoms with van der Waals surface area (Å²) in [6.07, 6.45) is 6.18. The third-order valence-electron chi connectivity index (χ3n) is 5.38. The van der Waals surface area contributed by atoms with Crippen molar-refractivity contribution < 1.29 is 9.21 Å². The van der Waals surface area contributed by atoms with E-state index < -0.39 is 0 Å². The first-order valence-electron chi connectivity index (χ1n) is 9.46. The number of hydrogen-bond donors (Lipinski definition) is 0. The van der Waals surface area contributed by atoms with Gasteiger partial charge in [-0.1, -0.05) is 0 Å². The number of likely N-dealkylation sites (tertiary alicyclic amines) is 1. The van der Waals surface area contributed by atoms with Crippen molar-refractivity contribution in [2.45, 2.75) is 45.7 Å². The van der Waals surface area contributed by atoms with Crippen LogP contribution in [0.5, 0.6) is 0 Å². The lowest BCUT2D eigenvalue weighted by molar-refractivity contribution is -0.137. The summed E-state index contributed by atoms with van der Waals surface area (Å²) in [5, 5.41) is 0. The average molecular weight is 355 g/mol. The highest BCUT2D eigenvalue weighted by molar-refractivity contribution is 5.79. The largest absolute Gasteiger partial charge is 0.468 e. The maximum atomic E-state index is 12.9. The van der Waals surface area contributed by atoms with Crippen LogP contribution >= 0.6 is 0 Å². The molecule has 1 fully saturated rings. The van der Waals surface area contributed by atoms with E-state index >= 15 is 0 Å². The van der Waals surface area contributed by atoms with E-state index in [2.05, 4.69) is 29.8 Å². The number of hydrogen-bond acceptors (Lipinski definition) is 4. The molecular weight excluding hydrogens is 326 g/mol. The number of carbonyl (C=O) groups is 1. The average Bonchev–Trinajstić information content (AvgIpc) is 3.14. The van der Waals surface area contributed by atoms with Gasteiger partial charge < -0.3 is 9.32 Å². The Morgan fingerprint density at radius 2 is 2.15 bits per heavy atom. The Morgan fingerprint density at radius 3 is 2.81 bits per heavy atom. The summed E-state index contributed by atoms with van der Waals surface area (Å²) in [6.45, 7) is 6.89. The number of aromatic nitrogens is 1. The third-order valence-corrected chi connectivity index (χ3v) is 5.38. The maximum Gasteiger partial charge on any atom is 0.225 e. The second kappa shape index (κ2) is 8.49. The molecule has 0 saturated carbocycles.